The Morgan fingerprint density at radius 1 is 1.46 bits per heavy atom. The van der Waals surface area contributed by atoms with E-state index in [-0.39, 0.29) is 11.3 Å². The third-order valence-corrected chi connectivity index (χ3v) is 4.49. The fourth-order valence-corrected chi connectivity index (χ4v) is 3.10. The van der Waals surface area contributed by atoms with Crippen molar-refractivity contribution in [2.75, 3.05) is 13.7 Å². The van der Waals surface area contributed by atoms with Crippen LogP contribution in [0.1, 0.15) is 11.8 Å². The summed E-state index contributed by atoms with van der Waals surface area (Å²) in [7, 11) is -3.09. The molecule has 0 amide bonds. The first kappa shape index (κ1) is 19.7. The molecule has 0 spiro atoms. The number of hydrogen-bond donors (Lipinski definition) is 5. The Hall–Kier alpha value is -0.651. The maximum atomic E-state index is 11.8. The Kier molecular flexibility index (Phi) is 6.32. The number of rotatable bonds is 6. The van der Waals surface area contributed by atoms with Crippen LogP contribution in [-0.2, 0) is 20.4 Å². The second-order valence-corrected chi connectivity index (χ2v) is 7.13. The Morgan fingerprint density at radius 3 is 2.71 bits per heavy atom. The van der Waals surface area contributed by atoms with E-state index < -0.39 is 44.5 Å². The van der Waals surface area contributed by atoms with Crippen molar-refractivity contribution < 1.29 is 33.8 Å². The Balaban J connectivity index is 2.24. The van der Waals surface area contributed by atoms with Crippen LogP contribution in [0.15, 0.2) is 11.0 Å². The van der Waals surface area contributed by atoms with E-state index in [9.17, 15) is 19.6 Å². The van der Waals surface area contributed by atoms with Crippen LogP contribution in [0.4, 0.5) is 0 Å². The molecule has 1 radical (unpaired) electrons. The molecule has 11 nitrogen and oxygen atoms in total. The molecule has 5 N–H and O–H groups in total. The average Bonchev–Trinajstić information content (AvgIpc) is 2.75. The van der Waals surface area contributed by atoms with Crippen LogP contribution in [0, 0.1) is 0 Å². The van der Waals surface area contributed by atoms with Crippen molar-refractivity contribution in [3.63, 3.8) is 0 Å². The van der Waals surface area contributed by atoms with Gasteiger partial charge in [-0.1, -0.05) is 0 Å². The van der Waals surface area contributed by atoms with Gasteiger partial charge < -0.3 is 0 Å². The number of phosphoric ester groups is 1. The summed E-state index contributed by atoms with van der Waals surface area (Å²) < 4.78 is 22.0. The van der Waals surface area contributed by atoms with Gasteiger partial charge in [0.05, 0.1) is 0 Å². The van der Waals surface area contributed by atoms with Crippen molar-refractivity contribution in [2.45, 2.75) is 31.1 Å². The predicted octanol–water partition coefficient (Wildman–Crippen LogP) is -3.51. The van der Waals surface area contributed by atoms with Gasteiger partial charge in [0.15, 0.2) is 0 Å². The normalized spacial score (nSPS) is 27.5. The van der Waals surface area contributed by atoms with Crippen LogP contribution < -0.4 is 15.6 Å². The topological polar surface area (TPSA) is 163 Å². The van der Waals surface area contributed by atoms with Crippen LogP contribution in [0.2, 0.25) is 0 Å². The standard InChI is InChI=1S/C11H17N3O8PSe/c1-12-2-5-3-14(11(24)13-9(5)17)10-8(16)7(15)6(22-10)4-21-23(18,19)20/h3,6-8,10,12,15-16H,2,4H2,1H3,(H2,18,19,20)/t6-,7-,8-,10-/m1/s1. The first-order valence-electron chi connectivity index (χ1n) is 6.79. The molecule has 1 aliphatic heterocycles. The van der Waals surface area contributed by atoms with E-state index >= 15 is 0 Å². The molecule has 1 aliphatic rings. The van der Waals surface area contributed by atoms with Gasteiger partial charge in [-0.3, -0.25) is 0 Å². The van der Waals surface area contributed by atoms with E-state index in [1.165, 1.54) is 10.8 Å². The SMILES string of the molecule is CNCc1cn([C@@H]2O[C@H](COP(=O)(O)O)[C@@H](O)[C@H]2O)c([Se])nc1=O. The predicted molar refractivity (Wildman–Crippen MR) is 80.6 cm³/mol. The molecule has 4 atom stereocenters. The Labute approximate surface area is 144 Å². The van der Waals surface area contributed by atoms with E-state index in [1.807, 2.05) is 0 Å². The molecule has 1 aromatic rings. The first-order valence-corrected chi connectivity index (χ1v) is 9.18. The zero-order chi connectivity index (χ0) is 18.1. The second-order valence-electron chi connectivity index (χ2n) is 5.12. The molecule has 13 heteroatoms. The first-order chi connectivity index (χ1) is 11.1. The van der Waals surface area contributed by atoms with E-state index in [0.717, 1.165) is 0 Å². The van der Waals surface area contributed by atoms with E-state index in [0.29, 0.717) is 5.56 Å². The summed E-state index contributed by atoms with van der Waals surface area (Å²) in [6.45, 7) is -0.374. The zero-order valence-electron chi connectivity index (χ0n) is 12.5. The summed E-state index contributed by atoms with van der Waals surface area (Å²) >= 11 is 2.57. The van der Waals surface area contributed by atoms with Gasteiger partial charge in [0, 0.05) is 0 Å². The number of ether oxygens (including phenoxy) is 1. The minimum atomic E-state index is -4.74. The molecule has 1 saturated heterocycles. The quantitative estimate of drug-likeness (QED) is 0.226. The number of hydrogen-bond acceptors (Lipinski definition) is 8. The molecule has 2 heterocycles. The average molecular weight is 429 g/mol. The molecular formula is C11H17N3O8PSe. The molecule has 0 aliphatic carbocycles. The number of aliphatic hydroxyl groups is 2. The van der Waals surface area contributed by atoms with Gasteiger partial charge in [-0.05, 0) is 0 Å². The second kappa shape index (κ2) is 7.71. The Bertz CT molecular complexity index is 694. The van der Waals surface area contributed by atoms with Crippen molar-refractivity contribution in [3.05, 3.63) is 22.1 Å². The molecule has 0 bridgehead atoms. The number of aromatic nitrogens is 2. The molecule has 135 valence electrons. The fourth-order valence-electron chi connectivity index (χ4n) is 2.26. The summed E-state index contributed by atoms with van der Waals surface area (Å²) in [6, 6.07) is 0. The molecule has 2 rings (SSSR count). The van der Waals surface area contributed by atoms with Crippen LogP contribution in [0.5, 0.6) is 0 Å². The molecule has 0 aromatic carbocycles. The molecule has 1 fully saturated rings. The third-order valence-electron chi connectivity index (χ3n) is 3.37. The van der Waals surface area contributed by atoms with Gasteiger partial charge in [0.2, 0.25) is 0 Å². The van der Waals surface area contributed by atoms with Crippen molar-refractivity contribution in [3.8, 4) is 0 Å². The number of phosphoric acid groups is 1. The van der Waals surface area contributed by atoms with Crippen LogP contribution in [-0.4, -0.2) is 77.5 Å². The molecule has 0 saturated carbocycles. The van der Waals surface area contributed by atoms with Gasteiger partial charge in [-0.15, -0.1) is 0 Å². The summed E-state index contributed by atoms with van der Waals surface area (Å²) in [4.78, 5) is 33.0. The zero-order valence-corrected chi connectivity index (χ0v) is 15.1. The van der Waals surface area contributed by atoms with Crippen molar-refractivity contribution in [1.29, 1.82) is 0 Å². The van der Waals surface area contributed by atoms with Gasteiger partial charge in [0.25, 0.3) is 0 Å². The van der Waals surface area contributed by atoms with Crippen molar-refractivity contribution in [1.82, 2.24) is 14.9 Å². The van der Waals surface area contributed by atoms with Crippen LogP contribution in [0.25, 0.3) is 0 Å². The van der Waals surface area contributed by atoms with E-state index in [2.05, 4.69) is 30.8 Å². The van der Waals surface area contributed by atoms with Gasteiger partial charge in [-0.2, -0.15) is 0 Å². The summed E-state index contributed by atoms with van der Waals surface area (Å²) in [5.41, 5.74) is -0.138. The van der Waals surface area contributed by atoms with E-state index in [1.54, 1.807) is 7.05 Å². The minimum absolute atomic E-state index is 0.132. The van der Waals surface area contributed by atoms with Gasteiger partial charge in [0.1, 0.15) is 0 Å². The summed E-state index contributed by atoms with van der Waals surface area (Å²) in [5.74, 6) is 0. The van der Waals surface area contributed by atoms with Crippen LogP contribution in [0.3, 0.4) is 0 Å². The van der Waals surface area contributed by atoms with Crippen molar-refractivity contribution in [2.24, 2.45) is 0 Å². The third kappa shape index (κ3) is 4.49. The molecule has 24 heavy (non-hydrogen) atoms. The molecule has 0 unspecified atom stereocenters. The number of nitrogens with zero attached hydrogens (tertiary/aromatic N) is 2. The van der Waals surface area contributed by atoms with Crippen LogP contribution >= 0.6 is 7.82 Å². The van der Waals surface area contributed by atoms with Crippen molar-refractivity contribution >= 4 is 28.6 Å². The summed E-state index contributed by atoms with van der Waals surface area (Å²) in [6.07, 6.45) is -3.69. The van der Waals surface area contributed by atoms with E-state index in [4.69, 9.17) is 14.5 Å². The van der Waals surface area contributed by atoms with Gasteiger partial charge in [-0.25, -0.2) is 0 Å². The van der Waals surface area contributed by atoms with Gasteiger partial charge >= 0.3 is 144 Å². The number of nitrogens with one attached hydrogen (secondary N) is 1. The maximum absolute atomic E-state index is 11.8. The summed E-state index contributed by atoms with van der Waals surface area (Å²) in [5, 5.41) is 22.9. The number of aliphatic hydroxyl groups excluding tert-OH is 2. The molecular weight excluding hydrogens is 412 g/mol. The monoisotopic (exact) mass is 430 g/mol. The Morgan fingerprint density at radius 2 is 2.12 bits per heavy atom. The fraction of sp³-hybridized carbons (Fsp3) is 0.636. The molecule has 1 aromatic heterocycles.